The summed E-state index contributed by atoms with van der Waals surface area (Å²) in [5, 5.41) is 2.97. The van der Waals surface area contributed by atoms with Crippen LogP contribution in [-0.2, 0) is 0 Å². The lowest BCUT2D eigenvalue weighted by Gasteiger charge is -2.31. The fourth-order valence-corrected chi connectivity index (χ4v) is 3.77. The van der Waals surface area contributed by atoms with Crippen molar-refractivity contribution >= 4 is 17.4 Å². The lowest BCUT2D eigenvalue weighted by Crippen LogP contribution is -2.40. The molecule has 0 bridgehead atoms. The number of nitrogens with zero attached hydrogens (tertiary/aromatic N) is 3. The number of halogens is 3. The molecular formula is C19H27F3N4O. The second-order valence-corrected chi connectivity index (χ2v) is 7.23. The molecule has 0 saturated carbocycles. The summed E-state index contributed by atoms with van der Waals surface area (Å²) in [7, 11) is 0. The summed E-state index contributed by atoms with van der Waals surface area (Å²) in [6.07, 6.45) is -0.151. The number of carbonyl (C=O) groups excluding carboxylic acids is 1. The summed E-state index contributed by atoms with van der Waals surface area (Å²) in [6, 6.07) is 7.49. The zero-order valence-corrected chi connectivity index (χ0v) is 15.5. The maximum atomic E-state index is 12.7. The Morgan fingerprint density at radius 3 is 2.41 bits per heavy atom. The third-order valence-electron chi connectivity index (χ3n) is 5.12. The van der Waals surface area contributed by atoms with Crippen LogP contribution in [0.2, 0.25) is 0 Å². The Kier molecular flexibility index (Phi) is 6.46. The average Bonchev–Trinajstić information content (AvgIpc) is 2.87. The second-order valence-electron chi connectivity index (χ2n) is 7.23. The van der Waals surface area contributed by atoms with Gasteiger partial charge in [0.05, 0.1) is 17.9 Å². The van der Waals surface area contributed by atoms with Crippen LogP contribution in [0.3, 0.4) is 0 Å². The Morgan fingerprint density at radius 1 is 0.926 bits per heavy atom. The number of piperidine rings is 1. The highest BCUT2D eigenvalue weighted by molar-refractivity contribution is 5.93. The topological polar surface area (TPSA) is 38.8 Å². The molecule has 2 fully saturated rings. The molecule has 150 valence electrons. The van der Waals surface area contributed by atoms with Crippen molar-refractivity contribution in [2.45, 2.75) is 31.9 Å². The van der Waals surface area contributed by atoms with E-state index in [0.29, 0.717) is 26.1 Å². The van der Waals surface area contributed by atoms with Crippen LogP contribution in [0.1, 0.15) is 25.7 Å². The van der Waals surface area contributed by atoms with Crippen molar-refractivity contribution in [2.24, 2.45) is 0 Å². The summed E-state index contributed by atoms with van der Waals surface area (Å²) in [5.74, 6) is 0. The van der Waals surface area contributed by atoms with E-state index >= 15 is 0 Å². The molecule has 2 saturated heterocycles. The smallest absolute Gasteiger partial charge is 0.370 e. The fraction of sp³-hybridized carbons (Fsp3) is 0.632. The highest BCUT2D eigenvalue weighted by Crippen LogP contribution is 2.28. The SMILES string of the molecule is O=C(Nc1ccccc1N1CCCCC1)N1CCCN(CC(F)(F)F)CC1. The Labute approximate surface area is 158 Å². The lowest BCUT2D eigenvalue weighted by atomic mass is 10.1. The maximum absolute atomic E-state index is 12.7. The predicted molar refractivity (Wildman–Crippen MR) is 100 cm³/mol. The number of nitrogens with one attached hydrogen (secondary N) is 1. The number of anilines is 2. The standard InChI is InChI=1S/C19H27F3N4O/c20-19(21,22)15-24-9-6-12-26(14-13-24)18(27)23-16-7-2-3-8-17(16)25-10-4-1-5-11-25/h2-3,7-8H,1,4-6,9-15H2,(H,23,27). The Morgan fingerprint density at radius 2 is 1.67 bits per heavy atom. The number of para-hydroxylation sites is 2. The van der Waals surface area contributed by atoms with Gasteiger partial charge in [-0.3, -0.25) is 4.90 Å². The van der Waals surface area contributed by atoms with Crippen LogP contribution in [-0.4, -0.2) is 67.8 Å². The number of urea groups is 1. The number of carbonyl (C=O) groups is 1. The van der Waals surface area contributed by atoms with Gasteiger partial charge in [-0.1, -0.05) is 12.1 Å². The molecule has 27 heavy (non-hydrogen) atoms. The van der Waals surface area contributed by atoms with Crippen LogP contribution < -0.4 is 10.2 Å². The van der Waals surface area contributed by atoms with Gasteiger partial charge in [0.1, 0.15) is 0 Å². The molecule has 1 aromatic carbocycles. The number of hydrogen-bond acceptors (Lipinski definition) is 3. The molecule has 0 aliphatic carbocycles. The van der Waals surface area contributed by atoms with Crippen LogP contribution in [0.4, 0.5) is 29.3 Å². The Hall–Kier alpha value is -1.96. The zero-order valence-electron chi connectivity index (χ0n) is 15.5. The fourth-order valence-electron chi connectivity index (χ4n) is 3.77. The van der Waals surface area contributed by atoms with E-state index in [1.165, 1.54) is 11.3 Å². The molecule has 5 nitrogen and oxygen atoms in total. The molecule has 8 heteroatoms. The van der Waals surface area contributed by atoms with Gasteiger partial charge in [0.25, 0.3) is 0 Å². The quantitative estimate of drug-likeness (QED) is 0.862. The molecule has 2 heterocycles. The van der Waals surface area contributed by atoms with Crippen LogP contribution in [0.5, 0.6) is 0 Å². The zero-order chi connectivity index (χ0) is 19.3. The van der Waals surface area contributed by atoms with Crippen molar-refractivity contribution in [2.75, 3.05) is 56.0 Å². The van der Waals surface area contributed by atoms with Gasteiger partial charge in [-0.2, -0.15) is 13.2 Å². The summed E-state index contributed by atoms with van der Waals surface area (Å²) in [4.78, 5) is 18.0. The molecule has 1 aromatic rings. The number of benzene rings is 1. The van der Waals surface area contributed by atoms with Crippen molar-refractivity contribution in [3.63, 3.8) is 0 Å². The molecule has 1 N–H and O–H groups in total. The van der Waals surface area contributed by atoms with E-state index in [1.54, 1.807) is 4.90 Å². The number of amides is 2. The molecule has 0 atom stereocenters. The first kappa shape index (κ1) is 19.8. The van der Waals surface area contributed by atoms with Crippen molar-refractivity contribution in [3.05, 3.63) is 24.3 Å². The molecule has 2 aliphatic heterocycles. The first-order valence-electron chi connectivity index (χ1n) is 9.61. The third-order valence-corrected chi connectivity index (χ3v) is 5.12. The van der Waals surface area contributed by atoms with Crippen LogP contribution in [0.25, 0.3) is 0 Å². The van der Waals surface area contributed by atoms with E-state index in [4.69, 9.17) is 0 Å². The van der Waals surface area contributed by atoms with Crippen molar-refractivity contribution in [3.8, 4) is 0 Å². The van der Waals surface area contributed by atoms with E-state index in [2.05, 4.69) is 10.2 Å². The summed E-state index contributed by atoms with van der Waals surface area (Å²) in [5.41, 5.74) is 1.78. The van der Waals surface area contributed by atoms with Gasteiger partial charge in [0, 0.05) is 39.3 Å². The Balaban J connectivity index is 1.61. The predicted octanol–water partition coefficient (Wildman–Crippen LogP) is 3.78. The molecular weight excluding hydrogens is 357 g/mol. The van der Waals surface area contributed by atoms with Crippen molar-refractivity contribution in [1.29, 1.82) is 0 Å². The van der Waals surface area contributed by atoms with E-state index in [9.17, 15) is 18.0 Å². The second kappa shape index (κ2) is 8.82. The van der Waals surface area contributed by atoms with Crippen molar-refractivity contribution in [1.82, 2.24) is 9.80 Å². The lowest BCUT2D eigenvalue weighted by molar-refractivity contribution is -0.145. The first-order valence-corrected chi connectivity index (χ1v) is 9.61. The van der Waals surface area contributed by atoms with Crippen LogP contribution in [0.15, 0.2) is 24.3 Å². The molecule has 2 aliphatic rings. The third kappa shape index (κ3) is 5.76. The van der Waals surface area contributed by atoms with Gasteiger partial charge >= 0.3 is 12.2 Å². The van der Waals surface area contributed by atoms with Crippen LogP contribution >= 0.6 is 0 Å². The number of alkyl halides is 3. The highest BCUT2D eigenvalue weighted by Gasteiger charge is 2.32. The summed E-state index contributed by atoms with van der Waals surface area (Å²) in [6.45, 7) is 2.39. The van der Waals surface area contributed by atoms with Crippen molar-refractivity contribution < 1.29 is 18.0 Å². The van der Waals surface area contributed by atoms with E-state index in [1.807, 2.05) is 24.3 Å². The minimum absolute atomic E-state index is 0.237. The summed E-state index contributed by atoms with van der Waals surface area (Å²) < 4.78 is 37.8. The molecule has 2 amide bonds. The summed E-state index contributed by atoms with van der Waals surface area (Å²) >= 11 is 0. The Bertz CT molecular complexity index is 632. The van der Waals surface area contributed by atoms with Gasteiger partial charge in [-0.05, 0) is 37.8 Å². The molecule has 0 radical (unpaired) electrons. The molecule has 0 aromatic heterocycles. The van der Waals surface area contributed by atoms with E-state index in [0.717, 1.165) is 37.3 Å². The van der Waals surface area contributed by atoms with Gasteiger partial charge in [0.15, 0.2) is 0 Å². The van der Waals surface area contributed by atoms with Gasteiger partial charge in [-0.15, -0.1) is 0 Å². The normalized spacial score (nSPS) is 19.7. The highest BCUT2D eigenvalue weighted by atomic mass is 19.4. The van der Waals surface area contributed by atoms with Gasteiger partial charge in [0.2, 0.25) is 0 Å². The van der Waals surface area contributed by atoms with Gasteiger partial charge < -0.3 is 15.1 Å². The minimum atomic E-state index is -4.20. The van der Waals surface area contributed by atoms with E-state index < -0.39 is 12.7 Å². The molecule has 0 spiro atoms. The maximum Gasteiger partial charge on any atom is 0.401 e. The van der Waals surface area contributed by atoms with E-state index in [-0.39, 0.29) is 12.6 Å². The number of hydrogen-bond donors (Lipinski definition) is 1. The average molecular weight is 384 g/mol. The monoisotopic (exact) mass is 384 g/mol. The molecule has 3 rings (SSSR count). The van der Waals surface area contributed by atoms with Crippen LogP contribution in [0, 0.1) is 0 Å². The van der Waals surface area contributed by atoms with Gasteiger partial charge in [-0.25, -0.2) is 4.79 Å². The minimum Gasteiger partial charge on any atom is -0.370 e. The largest absolute Gasteiger partial charge is 0.401 e. The first-order chi connectivity index (χ1) is 12.9. The molecule has 0 unspecified atom stereocenters. The number of rotatable bonds is 3.